The zero-order chi connectivity index (χ0) is 20.3. The molecule has 1 heterocycles. The lowest BCUT2D eigenvalue weighted by Gasteiger charge is -2.15. The van der Waals surface area contributed by atoms with E-state index in [9.17, 15) is 8.42 Å². The van der Waals surface area contributed by atoms with E-state index in [-0.39, 0.29) is 9.79 Å². The van der Waals surface area contributed by atoms with Gasteiger partial charge >= 0.3 is 0 Å². The van der Waals surface area contributed by atoms with Gasteiger partial charge in [-0.3, -0.25) is 0 Å². The third-order valence-corrected chi connectivity index (χ3v) is 6.78. The molecule has 0 radical (unpaired) electrons. The molecule has 4 rings (SSSR count). The standard InChI is InChI=1S/C23H23NO4S/c1-27-22-14-17-10-12-24-13-11-18(17)15-23(22)29(25,26)21-9-5-8-20(16-21)28-19-6-3-2-4-7-19/h2-9,14-16,24H,10-13H2,1H3. The monoisotopic (exact) mass is 409 g/mol. The van der Waals surface area contributed by atoms with Crippen molar-refractivity contribution in [2.45, 2.75) is 22.6 Å². The SMILES string of the molecule is COc1cc2c(cc1S(=O)(=O)c1cccc(Oc3ccccc3)c1)CCNCC2. The second-order valence-corrected chi connectivity index (χ2v) is 8.83. The number of rotatable bonds is 5. The summed E-state index contributed by atoms with van der Waals surface area (Å²) in [6, 6.07) is 19.5. The predicted octanol–water partition coefficient (Wildman–Crippen LogP) is 4.01. The minimum Gasteiger partial charge on any atom is -0.495 e. The maximum Gasteiger partial charge on any atom is 0.210 e. The normalized spacial score (nSPS) is 14.0. The van der Waals surface area contributed by atoms with Crippen molar-refractivity contribution in [3.8, 4) is 17.2 Å². The van der Waals surface area contributed by atoms with Crippen LogP contribution in [0.5, 0.6) is 17.2 Å². The first-order valence-corrected chi connectivity index (χ1v) is 11.0. The molecule has 0 fully saturated rings. The molecular formula is C23H23NO4S. The lowest BCUT2D eigenvalue weighted by Crippen LogP contribution is -2.16. The van der Waals surface area contributed by atoms with E-state index in [1.165, 1.54) is 7.11 Å². The van der Waals surface area contributed by atoms with Crippen LogP contribution in [0.4, 0.5) is 0 Å². The van der Waals surface area contributed by atoms with Crippen molar-refractivity contribution in [2.24, 2.45) is 0 Å². The highest BCUT2D eigenvalue weighted by molar-refractivity contribution is 7.91. The maximum absolute atomic E-state index is 13.4. The largest absolute Gasteiger partial charge is 0.495 e. The van der Waals surface area contributed by atoms with E-state index in [4.69, 9.17) is 9.47 Å². The first kappa shape index (κ1) is 19.5. The summed E-state index contributed by atoms with van der Waals surface area (Å²) in [5, 5.41) is 3.35. The number of para-hydroxylation sites is 1. The van der Waals surface area contributed by atoms with Crippen LogP contribution in [0.3, 0.4) is 0 Å². The van der Waals surface area contributed by atoms with Crippen LogP contribution >= 0.6 is 0 Å². The van der Waals surface area contributed by atoms with E-state index in [2.05, 4.69) is 5.32 Å². The Balaban J connectivity index is 1.73. The van der Waals surface area contributed by atoms with Crippen molar-refractivity contribution in [1.82, 2.24) is 5.32 Å². The Morgan fingerprint density at radius 2 is 1.52 bits per heavy atom. The molecule has 0 atom stereocenters. The van der Waals surface area contributed by atoms with Crippen LogP contribution in [0, 0.1) is 0 Å². The number of methoxy groups -OCH3 is 1. The second kappa shape index (κ2) is 8.27. The molecule has 0 amide bonds. The molecule has 1 aliphatic rings. The quantitative estimate of drug-likeness (QED) is 0.690. The van der Waals surface area contributed by atoms with Gasteiger partial charge in [-0.15, -0.1) is 0 Å². The van der Waals surface area contributed by atoms with Crippen LogP contribution in [0.15, 0.2) is 76.5 Å². The van der Waals surface area contributed by atoms with Crippen molar-refractivity contribution >= 4 is 9.84 Å². The number of sulfone groups is 1. The Morgan fingerprint density at radius 3 is 2.24 bits per heavy atom. The van der Waals surface area contributed by atoms with Crippen LogP contribution in [0.1, 0.15) is 11.1 Å². The summed E-state index contributed by atoms with van der Waals surface area (Å²) < 4.78 is 38.1. The van der Waals surface area contributed by atoms with E-state index in [1.807, 2.05) is 36.4 Å². The van der Waals surface area contributed by atoms with Crippen molar-refractivity contribution < 1.29 is 17.9 Å². The molecule has 3 aromatic carbocycles. The van der Waals surface area contributed by atoms with Crippen molar-refractivity contribution in [2.75, 3.05) is 20.2 Å². The Bertz CT molecular complexity index is 1110. The first-order chi connectivity index (χ1) is 14.1. The van der Waals surface area contributed by atoms with Gasteiger partial charge in [0.05, 0.1) is 12.0 Å². The molecule has 0 unspecified atom stereocenters. The van der Waals surface area contributed by atoms with Gasteiger partial charge in [-0.2, -0.15) is 0 Å². The fourth-order valence-corrected chi connectivity index (χ4v) is 4.99. The highest BCUT2D eigenvalue weighted by Crippen LogP contribution is 2.34. The molecule has 0 saturated heterocycles. The molecule has 150 valence electrons. The zero-order valence-corrected chi connectivity index (χ0v) is 17.0. The molecule has 0 aliphatic carbocycles. The molecular weight excluding hydrogens is 386 g/mol. The van der Waals surface area contributed by atoms with E-state index in [0.29, 0.717) is 17.2 Å². The topological polar surface area (TPSA) is 64.6 Å². The van der Waals surface area contributed by atoms with Gasteiger partial charge in [-0.05, 0) is 79.5 Å². The summed E-state index contributed by atoms with van der Waals surface area (Å²) in [6.07, 6.45) is 1.64. The molecule has 0 saturated carbocycles. The number of nitrogens with one attached hydrogen (secondary N) is 1. The van der Waals surface area contributed by atoms with Crippen LogP contribution in [-0.4, -0.2) is 28.6 Å². The summed E-state index contributed by atoms with van der Waals surface area (Å²) in [4.78, 5) is 0.369. The minimum absolute atomic E-state index is 0.177. The van der Waals surface area contributed by atoms with Gasteiger partial charge in [0.15, 0.2) is 0 Å². The number of fused-ring (bicyclic) bond motifs is 1. The minimum atomic E-state index is -3.77. The summed E-state index contributed by atoms with van der Waals surface area (Å²) in [5.41, 5.74) is 2.18. The summed E-state index contributed by atoms with van der Waals surface area (Å²) in [5.74, 6) is 1.49. The van der Waals surface area contributed by atoms with Gasteiger partial charge in [0, 0.05) is 0 Å². The molecule has 5 nitrogen and oxygen atoms in total. The highest BCUT2D eigenvalue weighted by Gasteiger charge is 2.25. The summed E-state index contributed by atoms with van der Waals surface area (Å²) >= 11 is 0. The number of benzene rings is 3. The van der Waals surface area contributed by atoms with E-state index in [0.717, 1.165) is 37.1 Å². The molecule has 29 heavy (non-hydrogen) atoms. The van der Waals surface area contributed by atoms with Crippen molar-refractivity contribution in [3.63, 3.8) is 0 Å². The van der Waals surface area contributed by atoms with Crippen LogP contribution in [-0.2, 0) is 22.7 Å². The Morgan fingerprint density at radius 1 is 0.828 bits per heavy atom. The maximum atomic E-state index is 13.4. The summed E-state index contributed by atoms with van der Waals surface area (Å²) in [6.45, 7) is 1.71. The van der Waals surface area contributed by atoms with E-state index in [1.54, 1.807) is 30.3 Å². The van der Waals surface area contributed by atoms with Gasteiger partial charge in [0.1, 0.15) is 22.1 Å². The average Bonchev–Trinajstić information content (AvgIpc) is 2.98. The molecule has 0 spiro atoms. The Hall–Kier alpha value is -2.83. The van der Waals surface area contributed by atoms with Gasteiger partial charge in [-0.1, -0.05) is 24.3 Å². The molecule has 6 heteroatoms. The second-order valence-electron chi connectivity index (χ2n) is 6.92. The van der Waals surface area contributed by atoms with Gasteiger partial charge in [-0.25, -0.2) is 8.42 Å². The fourth-order valence-electron chi connectivity index (χ4n) is 3.51. The molecule has 1 aliphatic heterocycles. The van der Waals surface area contributed by atoms with Gasteiger partial charge in [0.25, 0.3) is 0 Å². The van der Waals surface area contributed by atoms with Crippen LogP contribution in [0.2, 0.25) is 0 Å². The van der Waals surface area contributed by atoms with Gasteiger partial charge in [0.2, 0.25) is 9.84 Å². The molecule has 0 bridgehead atoms. The van der Waals surface area contributed by atoms with Crippen molar-refractivity contribution in [3.05, 3.63) is 77.9 Å². The summed E-state index contributed by atoms with van der Waals surface area (Å²) in [7, 11) is -2.26. The predicted molar refractivity (Wildman–Crippen MR) is 112 cm³/mol. The number of hydrogen-bond acceptors (Lipinski definition) is 5. The third-order valence-electron chi connectivity index (χ3n) is 5.01. The molecule has 1 N–H and O–H groups in total. The van der Waals surface area contributed by atoms with E-state index < -0.39 is 9.84 Å². The number of ether oxygens (including phenoxy) is 2. The Labute approximate surface area is 171 Å². The Kier molecular flexibility index (Phi) is 5.56. The number of hydrogen-bond donors (Lipinski definition) is 1. The average molecular weight is 410 g/mol. The smallest absolute Gasteiger partial charge is 0.210 e. The van der Waals surface area contributed by atoms with Crippen LogP contribution in [0.25, 0.3) is 0 Å². The first-order valence-electron chi connectivity index (χ1n) is 9.56. The lowest BCUT2D eigenvalue weighted by molar-refractivity contribution is 0.402. The molecule has 3 aromatic rings. The van der Waals surface area contributed by atoms with Crippen LogP contribution < -0.4 is 14.8 Å². The fraction of sp³-hybridized carbons (Fsp3) is 0.217. The van der Waals surface area contributed by atoms with Gasteiger partial charge < -0.3 is 14.8 Å². The highest BCUT2D eigenvalue weighted by atomic mass is 32.2. The lowest BCUT2D eigenvalue weighted by atomic mass is 10.0. The third kappa shape index (κ3) is 4.13. The van der Waals surface area contributed by atoms with Crippen molar-refractivity contribution in [1.29, 1.82) is 0 Å². The van der Waals surface area contributed by atoms with E-state index >= 15 is 0 Å². The molecule has 0 aromatic heterocycles. The zero-order valence-electron chi connectivity index (χ0n) is 16.2.